The van der Waals surface area contributed by atoms with Gasteiger partial charge in [0, 0.05) is 32.3 Å². The van der Waals surface area contributed by atoms with Gasteiger partial charge in [0.05, 0.1) is 6.04 Å². The zero-order chi connectivity index (χ0) is 22.9. The van der Waals surface area contributed by atoms with Crippen molar-refractivity contribution >= 4 is 6.09 Å². The lowest BCUT2D eigenvalue weighted by Crippen LogP contribution is -2.43. The highest BCUT2D eigenvalue weighted by atomic mass is 16.6. The maximum atomic E-state index is 12.4. The highest BCUT2D eigenvalue weighted by Crippen LogP contribution is 2.30. The van der Waals surface area contributed by atoms with E-state index in [-0.39, 0.29) is 23.8 Å². The Labute approximate surface area is 190 Å². The predicted molar refractivity (Wildman–Crippen MR) is 128 cm³/mol. The summed E-state index contributed by atoms with van der Waals surface area (Å²) < 4.78 is 7.10. The zero-order valence-corrected chi connectivity index (χ0v) is 19.1. The number of hydrogen-bond donors (Lipinski definition) is 0. The minimum Gasteiger partial charge on any atom is -0.446 e. The molecule has 1 fully saturated rings. The summed E-state index contributed by atoms with van der Waals surface area (Å²) in [6, 6.07) is 23.6. The first-order chi connectivity index (χ1) is 15.5. The fraction of sp³-hybridized carbons (Fsp3) is 0.333. The van der Waals surface area contributed by atoms with Crippen molar-refractivity contribution in [1.82, 2.24) is 9.47 Å². The van der Waals surface area contributed by atoms with Crippen molar-refractivity contribution in [3.8, 4) is 11.1 Å². The first-order valence-electron chi connectivity index (χ1n) is 11.3. The van der Waals surface area contributed by atoms with Crippen molar-refractivity contribution < 1.29 is 9.53 Å². The molecule has 0 radical (unpaired) electrons. The molecule has 1 saturated heterocycles. The van der Waals surface area contributed by atoms with Gasteiger partial charge in [0.2, 0.25) is 5.56 Å². The quantitative estimate of drug-likeness (QED) is 0.511. The number of aryl methyl sites for hydroxylation is 1. The van der Waals surface area contributed by atoms with Gasteiger partial charge in [0.25, 0.3) is 0 Å². The lowest BCUT2D eigenvalue weighted by molar-refractivity contribution is 0.00884. The fourth-order valence-electron chi connectivity index (χ4n) is 3.90. The van der Waals surface area contributed by atoms with E-state index in [9.17, 15) is 9.59 Å². The molecule has 1 aliphatic heterocycles. The third-order valence-corrected chi connectivity index (χ3v) is 5.79. The number of carbonyl (C=O) groups is 1. The zero-order valence-electron chi connectivity index (χ0n) is 19.1. The Morgan fingerprint density at radius 1 is 0.906 bits per heavy atom. The van der Waals surface area contributed by atoms with Gasteiger partial charge in [-0.2, -0.15) is 0 Å². The molecule has 2 unspecified atom stereocenters. The minimum absolute atomic E-state index is 0.0227. The third kappa shape index (κ3) is 5.88. The van der Waals surface area contributed by atoms with E-state index in [0.717, 1.165) is 42.5 Å². The van der Waals surface area contributed by atoms with Crippen LogP contribution in [0.3, 0.4) is 0 Å². The molecule has 32 heavy (non-hydrogen) atoms. The number of hydrogen-bond acceptors (Lipinski definition) is 3. The van der Waals surface area contributed by atoms with Gasteiger partial charge in [-0.3, -0.25) is 4.79 Å². The van der Waals surface area contributed by atoms with E-state index in [1.54, 1.807) is 17.7 Å². The molecule has 1 aromatic heterocycles. The number of cyclic esters (lactones) is 1. The Bertz CT molecular complexity index is 1020. The van der Waals surface area contributed by atoms with E-state index < -0.39 is 0 Å². The normalized spacial score (nSPS) is 16.5. The Balaban J connectivity index is 0.000000416. The number of amides is 1. The van der Waals surface area contributed by atoms with Crippen molar-refractivity contribution in [2.45, 2.75) is 45.3 Å². The number of pyridine rings is 1. The van der Waals surface area contributed by atoms with Crippen molar-refractivity contribution in [2.24, 2.45) is 7.05 Å². The topological polar surface area (TPSA) is 51.5 Å². The molecule has 3 aromatic rings. The summed E-state index contributed by atoms with van der Waals surface area (Å²) >= 11 is 0. The number of aromatic nitrogens is 1. The van der Waals surface area contributed by atoms with E-state index in [1.807, 2.05) is 72.6 Å². The van der Waals surface area contributed by atoms with Crippen LogP contribution in [0.4, 0.5) is 4.79 Å². The largest absolute Gasteiger partial charge is 0.446 e. The Hall–Kier alpha value is -3.34. The van der Waals surface area contributed by atoms with E-state index in [0.29, 0.717) is 0 Å². The molecule has 1 aliphatic rings. The predicted octanol–water partition coefficient (Wildman–Crippen LogP) is 5.81. The molecule has 2 heterocycles. The van der Waals surface area contributed by atoms with Crippen molar-refractivity contribution in [3.63, 3.8) is 0 Å². The van der Waals surface area contributed by atoms with Gasteiger partial charge in [0.1, 0.15) is 6.10 Å². The fourth-order valence-corrected chi connectivity index (χ4v) is 3.90. The van der Waals surface area contributed by atoms with Gasteiger partial charge in [-0.05, 0) is 35.6 Å². The lowest BCUT2D eigenvalue weighted by atomic mass is 9.98. The summed E-state index contributed by atoms with van der Waals surface area (Å²) in [4.78, 5) is 25.8. The first-order valence-corrected chi connectivity index (χ1v) is 11.3. The molecule has 0 spiro atoms. The molecule has 0 aliphatic carbocycles. The number of rotatable bonds is 5. The maximum Gasteiger partial charge on any atom is 0.410 e. The molecule has 2 aromatic carbocycles. The SMILES string of the molecule is CCC1CCN(C(CC)c2ccc(-c3ccc(=O)n(C)c3)cc2)C(=O)O1.c1ccccc1. The number of benzene rings is 2. The average Bonchev–Trinajstić information content (AvgIpc) is 2.84. The Kier molecular flexibility index (Phi) is 8.26. The summed E-state index contributed by atoms with van der Waals surface area (Å²) in [5, 5.41) is 0. The maximum absolute atomic E-state index is 12.4. The van der Waals surface area contributed by atoms with Crippen LogP contribution in [0.15, 0.2) is 83.8 Å². The van der Waals surface area contributed by atoms with Gasteiger partial charge in [-0.1, -0.05) is 74.5 Å². The van der Waals surface area contributed by atoms with Gasteiger partial charge in [0.15, 0.2) is 0 Å². The monoisotopic (exact) mass is 432 g/mol. The van der Waals surface area contributed by atoms with Crippen LogP contribution in [-0.2, 0) is 11.8 Å². The number of carbonyl (C=O) groups excluding carboxylic acids is 1. The molecule has 5 heteroatoms. The van der Waals surface area contributed by atoms with Crippen molar-refractivity contribution in [2.75, 3.05) is 6.54 Å². The Morgan fingerprint density at radius 3 is 2.00 bits per heavy atom. The van der Waals surface area contributed by atoms with Gasteiger partial charge >= 0.3 is 6.09 Å². The van der Waals surface area contributed by atoms with E-state index in [1.165, 1.54) is 0 Å². The van der Waals surface area contributed by atoms with Crippen molar-refractivity contribution in [1.29, 1.82) is 0 Å². The summed E-state index contributed by atoms with van der Waals surface area (Å²) in [5.41, 5.74) is 3.12. The van der Waals surface area contributed by atoms with E-state index in [4.69, 9.17) is 4.74 Å². The molecule has 2 atom stereocenters. The van der Waals surface area contributed by atoms with Gasteiger partial charge in [-0.25, -0.2) is 4.79 Å². The summed E-state index contributed by atoms with van der Waals surface area (Å²) in [6.07, 6.45) is 4.26. The smallest absolute Gasteiger partial charge is 0.410 e. The van der Waals surface area contributed by atoms with Gasteiger partial charge in [-0.15, -0.1) is 0 Å². The minimum atomic E-state index is -0.211. The van der Waals surface area contributed by atoms with Crippen molar-refractivity contribution in [3.05, 3.63) is 94.9 Å². The summed E-state index contributed by atoms with van der Waals surface area (Å²) in [6.45, 7) is 4.87. The third-order valence-electron chi connectivity index (χ3n) is 5.79. The highest BCUT2D eigenvalue weighted by Gasteiger charge is 2.31. The molecule has 4 rings (SSSR count). The molecule has 5 nitrogen and oxygen atoms in total. The summed E-state index contributed by atoms with van der Waals surface area (Å²) in [7, 11) is 1.75. The standard InChI is InChI=1S/C21H26N2O3.C6H6/c1-4-18-12-13-23(21(25)26-18)19(5-2)16-8-6-15(7-9-16)17-10-11-20(24)22(3)14-17;1-2-4-6-5-3-1/h6-11,14,18-19H,4-5,12-13H2,1-3H3;1-6H. The van der Waals surface area contributed by atoms with Crippen LogP contribution in [0.5, 0.6) is 0 Å². The summed E-state index contributed by atoms with van der Waals surface area (Å²) in [5.74, 6) is 0. The van der Waals surface area contributed by atoms with Crippen LogP contribution < -0.4 is 5.56 Å². The second kappa shape index (κ2) is 11.3. The van der Waals surface area contributed by atoms with Crippen LogP contribution in [0, 0.1) is 0 Å². The van der Waals surface area contributed by atoms with Crippen LogP contribution in [-0.4, -0.2) is 28.2 Å². The molecule has 0 N–H and O–H groups in total. The van der Waals surface area contributed by atoms with Gasteiger partial charge < -0.3 is 14.2 Å². The first kappa shape index (κ1) is 23.3. The van der Waals surface area contributed by atoms with Crippen LogP contribution >= 0.6 is 0 Å². The van der Waals surface area contributed by atoms with Crippen LogP contribution in [0.25, 0.3) is 11.1 Å². The molecular formula is C27H32N2O3. The molecular weight excluding hydrogens is 400 g/mol. The van der Waals surface area contributed by atoms with E-state index >= 15 is 0 Å². The molecule has 168 valence electrons. The van der Waals surface area contributed by atoms with E-state index in [2.05, 4.69) is 19.1 Å². The lowest BCUT2D eigenvalue weighted by Gasteiger charge is -2.36. The van der Waals surface area contributed by atoms with Crippen LogP contribution in [0.2, 0.25) is 0 Å². The second-order valence-electron chi connectivity index (χ2n) is 7.96. The Morgan fingerprint density at radius 2 is 1.50 bits per heavy atom. The number of nitrogens with zero attached hydrogens (tertiary/aromatic N) is 2. The molecule has 0 bridgehead atoms. The average molecular weight is 433 g/mol. The highest BCUT2D eigenvalue weighted by molar-refractivity contribution is 5.69. The number of ether oxygens (including phenoxy) is 1. The molecule has 1 amide bonds. The molecule has 0 saturated carbocycles. The van der Waals surface area contributed by atoms with Crippen LogP contribution in [0.1, 0.15) is 44.7 Å². The second-order valence-corrected chi connectivity index (χ2v) is 7.96.